The number of aromatic amines is 1. The van der Waals surface area contributed by atoms with Crippen LogP contribution in [0.1, 0.15) is 0 Å². The molecule has 0 fully saturated rings. The molecule has 21 heavy (non-hydrogen) atoms. The van der Waals surface area contributed by atoms with E-state index in [2.05, 4.69) is 77.8 Å². The summed E-state index contributed by atoms with van der Waals surface area (Å²) in [5.74, 6) is 0. The molecular formula is C20H13N. The van der Waals surface area contributed by atoms with Crippen molar-refractivity contribution in [3.63, 3.8) is 0 Å². The summed E-state index contributed by atoms with van der Waals surface area (Å²) in [7, 11) is 0. The van der Waals surface area contributed by atoms with Gasteiger partial charge in [0.1, 0.15) is 0 Å². The van der Waals surface area contributed by atoms with Crippen LogP contribution < -0.4 is 0 Å². The molecule has 0 amide bonds. The standard InChI is InChI=1S/C20H13N/c1-2-6-14-12-17-15(11-13(14)5-1)9-10-19-20(17)16-7-3-4-8-18(16)21-19/h1-12,21H. The van der Waals surface area contributed by atoms with Crippen LogP contribution in [0.15, 0.2) is 72.8 Å². The summed E-state index contributed by atoms with van der Waals surface area (Å²) in [5.41, 5.74) is 2.41. The number of benzene rings is 4. The molecule has 1 heterocycles. The zero-order valence-electron chi connectivity index (χ0n) is 11.4. The third-order valence-electron chi connectivity index (χ3n) is 4.35. The lowest BCUT2D eigenvalue weighted by Gasteiger charge is -2.04. The van der Waals surface area contributed by atoms with Crippen LogP contribution in [-0.4, -0.2) is 4.98 Å². The molecule has 98 valence electrons. The highest BCUT2D eigenvalue weighted by atomic mass is 14.7. The van der Waals surface area contributed by atoms with E-state index in [0.29, 0.717) is 0 Å². The number of aromatic nitrogens is 1. The van der Waals surface area contributed by atoms with E-state index in [0.717, 1.165) is 0 Å². The van der Waals surface area contributed by atoms with Crippen LogP contribution >= 0.6 is 0 Å². The van der Waals surface area contributed by atoms with Gasteiger partial charge in [-0.1, -0.05) is 48.5 Å². The van der Waals surface area contributed by atoms with Crippen molar-refractivity contribution < 1.29 is 0 Å². The first-order chi connectivity index (χ1) is 10.4. The summed E-state index contributed by atoms with van der Waals surface area (Å²) < 4.78 is 0. The molecule has 0 aliphatic heterocycles. The highest BCUT2D eigenvalue weighted by Crippen LogP contribution is 2.34. The lowest BCUT2D eigenvalue weighted by atomic mass is 9.99. The number of nitrogens with one attached hydrogen (secondary N) is 1. The van der Waals surface area contributed by atoms with Crippen LogP contribution in [0.25, 0.3) is 43.4 Å². The number of hydrogen-bond donors (Lipinski definition) is 1. The number of H-pyrrole nitrogens is 1. The minimum atomic E-state index is 1.20. The molecule has 0 saturated heterocycles. The van der Waals surface area contributed by atoms with Gasteiger partial charge in [-0.15, -0.1) is 0 Å². The minimum absolute atomic E-state index is 1.20. The van der Waals surface area contributed by atoms with E-state index in [4.69, 9.17) is 0 Å². The van der Waals surface area contributed by atoms with Gasteiger partial charge in [0.2, 0.25) is 0 Å². The molecule has 0 aliphatic rings. The fraction of sp³-hybridized carbons (Fsp3) is 0. The molecule has 1 nitrogen and oxygen atoms in total. The molecule has 1 N–H and O–H groups in total. The van der Waals surface area contributed by atoms with Gasteiger partial charge in [-0.25, -0.2) is 0 Å². The van der Waals surface area contributed by atoms with E-state index < -0.39 is 0 Å². The highest BCUT2D eigenvalue weighted by Gasteiger charge is 2.08. The smallest absolute Gasteiger partial charge is 0.0471 e. The van der Waals surface area contributed by atoms with Gasteiger partial charge < -0.3 is 4.98 Å². The van der Waals surface area contributed by atoms with Crippen molar-refractivity contribution >= 4 is 43.4 Å². The van der Waals surface area contributed by atoms with Crippen molar-refractivity contribution in [2.45, 2.75) is 0 Å². The quantitative estimate of drug-likeness (QED) is 0.350. The molecule has 0 saturated carbocycles. The molecule has 0 aliphatic carbocycles. The molecule has 0 spiro atoms. The summed E-state index contributed by atoms with van der Waals surface area (Å²) in [6.07, 6.45) is 0. The van der Waals surface area contributed by atoms with Crippen LogP contribution in [0.4, 0.5) is 0 Å². The van der Waals surface area contributed by atoms with E-state index in [9.17, 15) is 0 Å². The number of rotatable bonds is 0. The van der Waals surface area contributed by atoms with Crippen LogP contribution in [0.5, 0.6) is 0 Å². The monoisotopic (exact) mass is 267 g/mol. The third kappa shape index (κ3) is 1.46. The van der Waals surface area contributed by atoms with E-state index in [-0.39, 0.29) is 0 Å². The Morgan fingerprint density at radius 1 is 0.524 bits per heavy atom. The van der Waals surface area contributed by atoms with E-state index >= 15 is 0 Å². The first-order valence-corrected chi connectivity index (χ1v) is 7.22. The maximum atomic E-state index is 3.52. The molecule has 1 heteroatoms. The number of para-hydroxylation sites is 1. The number of hydrogen-bond acceptors (Lipinski definition) is 0. The summed E-state index contributed by atoms with van der Waals surface area (Å²) in [5, 5.41) is 7.84. The van der Waals surface area contributed by atoms with Crippen molar-refractivity contribution in [3.8, 4) is 0 Å². The van der Waals surface area contributed by atoms with Gasteiger partial charge >= 0.3 is 0 Å². The minimum Gasteiger partial charge on any atom is -0.354 e. The van der Waals surface area contributed by atoms with Crippen molar-refractivity contribution in [2.75, 3.05) is 0 Å². The first kappa shape index (κ1) is 10.9. The Labute approximate surface area is 121 Å². The summed E-state index contributed by atoms with van der Waals surface area (Å²) >= 11 is 0. The van der Waals surface area contributed by atoms with Crippen LogP contribution in [0.3, 0.4) is 0 Å². The predicted octanol–water partition coefficient (Wildman–Crippen LogP) is 5.63. The Morgan fingerprint density at radius 2 is 1.29 bits per heavy atom. The van der Waals surface area contributed by atoms with Gasteiger partial charge in [0, 0.05) is 21.8 Å². The number of fused-ring (bicyclic) bond motifs is 6. The zero-order chi connectivity index (χ0) is 13.8. The first-order valence-electron chi connectivity index (χ1n) is 7.22. The molecule has 4 aromatic carbocycles. The van der Waals surface area contributed by atoms with Gasteiger partial charge in [0.05, 0.1) is 0 Å². The summed E-state index contributed by atoms with van der Waals surface area (Å²) in [6.45, 7) is 0. The van der Waals surface area contributed by atoms with Crippen LogP contribution in [0.2, 0.25) is 0 Å². The molecule has 1 aromatic heterocycles. The average molecular weight is 267 g/mol. The van der Waals surface area contributed by atoms with Gasteiger partial charge in [0.15, 0.2) is 0 Å². The Kier molecular flexibility index (Phi) is 2.01. The third-order valence-corrected chi connectivity index (χ3v) is 4.35. The van der Waals surface area contributed by atoms with Crippen molar-refractivity contribution in [3.05, 3.63) is 72.8 Å². The second-order valence-electron chi connectivity index (χ2n) is 5.58. The molecule has 5 rings (SSSR count). The summed E-state index contributed by atoms with van der Waals surface area (Å²) in [6, 6.07) is 26.1. The van der Waals surface area contributed by atoms with Crippen LogP contribution in [-0.2, 0) is 0 Å². The Hall–Kier alpha value is -2.80. The molecule has 5 aromatic rings. The van der Waals surface area contributed by atoms with Crippen molar-refractivity contribution in [1.29, 1.82) is 0 Å². The van der Waals surface area contributed by atoms with Crippen molar-refractivity contribution in [1.82, 2.24) is 4.98 Å². The normalized spacial score (nSPS) is 11.8. The lowest BCUT2D eigenvalue weighted by molar-refractivity contribution is 1.55. The molecule has 0 atom stereocenters. The summed E-state index contributed by atoms with van der Waals surface area (Å²) in [4.78, 5) is 3.52. The van der Waals surface area contributed by atoms with E-state index in [1.807, 2.05) is 0 Å². The van der Waals surface area contributed by atoms with E-state index in [1.54, 1.807) is 0 Å². The maximum Gasteiger partial charge on any atom is 0.0471 e. The molecular weight excluding hydrogens is 254 g/mol. The Balaban J connectivity index is 2.09. The Morgan fingerprint density at radius 3 is 2.19 bits per heavy atom. The maximum absolute atomic E-state index is 3.52. The van der Waals surface area contributed by atoms with Gasteiger partial charge in [-0.05, 0) is 45.8 Å². The SMILES string of the molecule is c1ccc2cc3c(ccc4[nH]c5ccccc5c43)cc2c1. The second-order valence-corrected chi connectivity index (χ2v) is 5.58. The van der Waals surface area contributed by atoms with E-state index in [1.165, 1.54) is 43.4 Å². The fourth-order valence-electron chi connectivity index (χ4n) is 3.36. The van der Waals surface area contributed by atoms with Gasteiger partial charge in [-0.3, -0.25) is 0 Å². The largest absolute Gasteiger partial charge is 0.354 e. The van der Waals surface area contributed by atoms with Crippen LogP contribution in [0, 0.1) is 0 Å². The Bertz CT molecular complexity index is 1130. The topological polar surface area (TPSA) is 15.8 Å². The molecule has 0 radical (unpaired) electrons. The highest BCUT2D eigenvalue weighted by molar-refractivity contribution is 6.21. The van der Waals surface area contributed by atoms with Gasteiger partial charge in [0.25, 0.3) is 0 Å². The molecule has 0 unspecified atom stereocenters. The predicted molar refractivity (Wildman–Crippen MR) is 90.8 cm³/mol. The lowest BCUT2D eigenvalue weighted by Crippen LogP contribution is -1.78. The van der Waals surface area contributed by atoms with Gasteiger partial charge in [-0.2, -0.15) is 0 Å². The second kappa shape index (κ2) is 3.86. The van der Waals surface area contributed by atoms with Crippen molar-refractivity contribution in [2.24, 2.45) is 0 Å². The fourth-order valence-corrected chi connectivity index (χ4v) is 3.36. The molecule has 0 bridgehead atoms. The average Bonchev–Trinajstić information content (AvgIpc) is 2.92. The zero-order valence-corrected chi connectivity index (χ0v) is 11.4.